The summed E-state index contributed by atoms with van der Waals surface area (Å²) in [4.78, 5) is 2.58. The molecule has 1 heterocycles. The molecule has 3 unspecified atom stereocenters. The molecule has 1 aliphatic carbocycles. The van der Waals surface area contributed by atoms with Gasteiger partial charge in [-0.2, -0.15) is 0 Å². The van der Waals surface area contributed by atoms with E-state index in [-0.39, 0.29) is 6.10 Å². The van der Waals surface area contributed by atoms with Gasteiger partial charge in [-0.15, -0.1) is 0 Å². The van der Waals surface area contributed by atoms with Gasteiger partial charge in [-0.05, 0) is 35.4 Å². The number of benzene rings is 1. The van der Waals surface area contributed by atoms with E-state index in [0.717, 1.165) is 38.0 Å². The molecule has 26 heavy (non-hydrogen) atoms. The Morgan fingerprint density at radius 3 is 2.12 bits per heavy atom. The van der Waals surface area contributed by atoms with Gasteiger partial charge in [-0.3, -0.25) is 4.90 Å². The molecule has 2 aromatic rings. The highest BCUT2D eigenvalue weighted by atomic mass is 16.3. The molecule has 1 N–H and O–H groups in total. The molecule has 0 saturated carbocycles. The minimum atomic E-state index is -0.351. The lowest BCUT2D eigenvalue weighted by Crippen LogP contribution is -2.20. The molecule has 0 aromatic heterocycles. The highest BCUT2D eigenvalue weighted by Gasteiger charge is 2.37. The fraction of sp³-hybridized carbons (Fsp3) is 0.333. The summed E-state index contributed by atoms with van der Waals surface area (Å²) >= 11 is 0. The van der Waals surface area contributed by atoms with Gasteiger partial charge in [0.25, 0.3) is 0 Å². The molecule has 0 spiro atoms. The van der Waals surface area contributed by atoms with Crippen molar-refractivity contribution in [3.8, 4) is 0 Å². The highest BCUT2D eigenvalue weighted by Crippen LogP contribution is 2.43. The second-order valence-corrected chi connectivity index (χ2v) is 7.54. The van der Waals surface area contributed by atoms with Crippen LogP contribution < -0.4 is 0 Å². The summed E-state index contributed by atoms with van der Waals surface area (Å²) in [6.07, 6.45) is 1.60. The van der Waals surface area contributed by atoms with E-state index < -0.39 is 0 Å². The molecular weight excluding hydrogens is 318 g/mol. The summed E-state index contributed by atoms with van der Waals surface area (Å²) in [5, 5.41) is 10.7. The number of rotatable bonds is 2. The van der Waals surface area contributed by atoms with Crippen molar-refractivity contribution in [3.05, 3.63) is 95.6 Å². The smallest absolute Gasteiger partial charge is 0.0792 e. The van der Waals surface area contributed by atoms with Crippen LogP contribution >= 0.6 is 0 Å². The van der Waals surface area contributed by atoms with E-state index in [9.17, 15) is 5.11 Å². The maximum absolute atomic E-state index is 10.7. The lowest BCUT2D eigenvalue weighted by atomic mass is 9.87. The van der Waals surface area contributed by atoms with Crippen molar-refractivity contribution in [1.82, 2.24) is 4.90 Å². The van der Waals surface area contributed by atoms with Gasteiger partial charge in [-0.25, -0.2) is 0 Å². The maximum atomic E-state index is 10.7. The molecular formula is C24H27NO. The first-order valence-electron chi connectivity index (χ1n) is 9.68. The molecule has 1 saturated heterocycles. The minimum absolute atomic E-state index is 0.351. The average molecular weight is 345 g/mol. The van der Waals surface area contributed by atoms with Crippen molar-refractivity contribution in [3.63, 3.8) is 0 Å². The van der Waals surface area contributed by atoms with Gasteiger partial charge in [0.1, 0.15) is 0 Å². The van der Waals surface area contributed by atoms with Crippen LogP contribution in [-0.4, -0.2) is 23.1 Å². The van der Waals surface area contributed by atoms with Crippen LogP contribution in [0.25, 0.3) is 0 Å². The quantitative estimate of drug-likeness (QED) is 0.841. The highest BCUT2D eigenvalue weighted by molar-refractivity contribution is 5.33. The Labute approximate surface area is 156 Å². The summed E-state index contributed by atoms with van der Waals surface area (Å²) in [5.41, 5.74) is 3.81. The van der Waals surface area contributed by atoms with Crippen LogP contribution in [0.15, 0.2) is 78.9 Å². The maximum Gasteiger partial charge on any atom is 0.0792 e. The van der Waals surface area contributed by atoms with Gasteiger partial charge in [0.05, 0.1) is 6.10 Å². The Kier molecular flexibility index (Phi) is 5.33. The number of aliphatic hydroxyl groups excluding tert-OH is 1. The molecule has 3 atom stereocenters. The summed E-state index contributed by atoms with van der Waals surface area (Å²) in [5.74, 6) is 1.13. The largest absolute Gasteiger partial charge is 0.388 e. The van der Waals surface area contributed by atoms with Crippen LogP contribution in [0.3, 0.4) is 0 Å². The van der Waals surface area contributed by atoms with Gasteiger partial charge in [0.15, 0.2) is 0 Å². The number of hydrogen-bond donors (Lipinski definition) is 1. The van der Waals surface area contributed by atoms with Crippen LogP contribution in [-0.2, 0) is 6.54 Å². The van der Waals surface area contributed by atoms with Crippen LogP contribution in [0, 0.1) is 5.92 Å². The van der Waals surface area contributed by atoms with Crippen molar-refractivity contribution in [2.75, 3.05) is 13.1 Å². The third-order valence-corrected chi connectivity index (χ3v) is 5.78. The minimum Gasteiger partial charge on any atom is -0.388 e. The Hall–Kier alpha value is -2.16. The summed E-state index contributed by atoms with van der Waals surface area (Å²) in [7, 11) is 0. The topological polar surface area (TPSA) is 23.5 Å². The van der Waals surface area contributed by atoms with Crippen molar-refractivity contribution >= 4 is 0 Å². The number of fused-ring (bicyclic) bond motifs is 3. The van der Waals surface area contributed by atoms with E-state index in [4.69, 9.17) is 0 Å². The lowest BCUT2D eigenvalue weighted by Gasteiger charge is -2.18. The Bertz CT molecular complexity index is 787. The molecule has 134 valence electrons. The summed E-state index contributed by atoms with van der Waals surface area (Å²) in [6, 6.07) is 27.4. The summed E-state index contributed by atoms with van der Waals surface area (Å²) < 4.78 is 0. The van der Waals surface area contributed by atoms with Crippen molar-refractivity contribution in [2.45, 2.75) is 31.4 Å². The molecule has 1 aliphatic heterocycles. The van der Waals surface area contributed by atoms with E-state index in [1.807, 2.05) is 18.2 Å². The first-order valence-corrected chi connectivity index (χ1v) is 9.68. The van der Waals surface area contributed by atoms with Crippen LogP contribution in [0.2, 0.25) is 0 Å². The number of likely N-dealkylation sites (tertiary alicyclic amines) is 1. The van der Waals surface area contributed by atoms with Crippen LogP contribution in [0.5, 0.6) is 0 Å². The lowest BCUT2D eigenvalue weighted by molar-refractivity contribution is 0.160. The third-order valence-electron chi connectivity index (χ3n) is 5.78. The van der Waals surface area contributed by atoms with Gasteiger partial charge in [0, 0.05) is 25.6 Å². The zero-order chi connectivity index (χ0) is 17.8. The molecule has 2 aliphatic rings. The molecule has 0 bridgehead atoms. The fourth-order valence-corrected chi connectivity index (χ4v) is 4.51. The van der Waals surface area contributed by atoms with Gasteiger partial charge in [-0.1, -0.05) is 78.9 Å². The zero-order valence-electron chi connectivity index (χ0n) is 15.2. The van der Waals surface area contributed by atoms with E-state index in [2.05, 4.69) is 65.6 Å². The van der Waals surface area contributed by atoms with Gasteiger partial charge in [0.2, 0.25) is 0 Å². The number of hydrogen-bond acceptors (Lipinski definition) is 2. The van der Waals surface area contributed by atoms with Crippen LogP contribution in [0.4, 0.5) is 0 Å². The Balaban J connectivity index is 1.66. The van der Waals surface area contributed by atoms with Crippen molar-refractivity contribution < 1.29 is 5.11 Å². The zero-order valence-corrected chi connectivity index (χ0v) is 15.2. The number of nitrogens with zero attached hydrogens (tertiary/aromatic N) is 1. The van der Waals surface area contributed by atoms with Crippen LogP contribution in [0.1, 0.15) is 41.6 Å². The average Bonchev–Trinajstić information content (AvgIpc) is 3.01. The fourth-order valence-electron chi connectivity index (χ4n) is 4.51. The summed E-state index contributed by atoms with van der Waals surface area (Å²) in [6.45, 7) is 3.21. The van der Waals surface area contributed by atoms with E-state index in [1.54, 1.807) is 0 Å². The van der Waals surface area contributed by atoms with E-state index in [0.29, 0.717) is 11.8 Å². The molecule has 0 radical (unpaired) electrons. The second-order valence-electron chi connectivity index (χ2n) is 7.54. The molecule has 1 fully saturated rings. The SMILES string of the molecule is OC1CCC2CN(Cc3ccccc3)CC2c2ccccccccc21. The molecule has 2 aromatic carbocycles. The monoisotopic (exact) mass is 345 g/mol. The predicted molar refractivity (Wildman–Crippen MR) is 106 cm³/mol. The molecule has 2 heteroatoms. The second kappa shape index (κ2) is 8.03. The van der Waals surface area contributed by atoms with E-state index >= 15 is 0 Å². The molecule has 2 nitrogen and oxygen atoms in total. The van der Waals surface area contributed by atoms with Crippen molar-refractivity contribution in [1.29, 1.82) is 0 Å². The predicted octanol–water partition coefficient (Wildman–Crippen LogP) is 4.85. The Morgan fingerprint density at radius 2 is 1.35 bits per heavy atom. The number of aliphatic hydroxyl groups is 1. The normalized spacial score (nSPS) is 24.9. The van der Waals surface area contributed by atoms with Gasteiger partial charge < -0.3 is 5.11 Å². The Morgan fingerprint density at radius 1 is 0.731 bits per heavy atom. The first-order chi connectivity index (χ1) is 12.8. The molecule has 4 rings (SSSR count). The standard InChI is InChI=1S/C24H27NO/c26-24-15-14-20-17-25(16-19-10-6-5-7-11-19)18-23(20)21-12-8-3-1-2-4-9-13-22(21)24/h1-13,20,23-24,26H,14-18H2. The van der Waals surface area contributed by atoms with Crippen molar-refractivity contribution in [2.24, 2.45) is 5.92 Å². The first kappa shape index (κ1) is 17.3. The molecule has 0 amide bonds. The third kappa shape index (κ3) is 3.82. The van der Waals surface area contributed by atoms with E-state index in [1.165, 1.54) is 11.1 Å². The van der Waals surface area contributed by atoms with Gasteiger partial charge >= 0.3 is 0 Å².